The summed E-state index contributed by atoms with van der Waals surface area (Å²) in [5.41, 5.74) is 29.9. The number of urea groups is 1. The number of nitrogens with two attached hydrogens (primary N) is 5. The van der Waals surface area contributed by atoms with Crippen molar-refractivity contribution in [1.29, 1.82) is 0 Å². The molecule has 4 rings (SSSR count). The van der Waals surface area contributed by atoms with Gasteiger partial charge in [0, 0.05) is 25.7 Å². The molecule has 0 bridgehead atoms. The number of nitrogens with one attached hydrogen (secondary N) is 2. The number of hydrogen-bond acceptors (Lipinski definition) is 20. The van der Waals surface area contributed by atoms with E-state index in [9.17, 15) is 35.5 Å². The zero-order valence-electron chi connectivity index (χ0n) is 27.5. The Balaban J connectivity index is 1.54. The monoisotopic (exact) mass is 726 g/mol. The Bertz CT molecular complexity index is 1100. The van der Waals surface area contributed by atoms with Crippen molar-refractivity contribution in [3.05, 3.63) is 11.8 Å². The first-order valence-corrected chi connectivity index (χ1v) is 16.6. The lowest BCUT2D eigenvalue weighted by atomic mass is 9.83. The fraction of sp³-hybridized carbons (Fsp3) is 0.893. The molecule has 50 heavy (non-hydrogen) atoms. The fourth-order valence-corrected chi connectivity index (χ4v) is 6.23. The number of amides is 2. The summed E-state index contributed by atoms with van der Waals surface area (Å²) >= 11 is 0. The topological polar surface area (TPSA) is 371 Å². The van der Waals surface area contributed by atoms with Gasteiger partial charge < -0.3 is 98.4 Å². The van der Waals surface area contributed by atoms with Crippen molar-refractivity contribution in [3.63, 3.8) is 0 Å². The number of hydrogen-bond donors (Lipinski definition) is 14. The molecule has 2 amide bonds. The Morgan fingerprint density at radius 1 is 0.880 bits per heavy atom. The van der Waals surface area contributed by atoms with Crippen molar-refractivity contribution < 1.29 is 69.1 Å². The van der Waals surface area contributed by atoms with Gasteiger partial charge in [0.15, 0.2) is 12.6 Å². The summed E-state index contributed by atoms with van der Waals surface area (Å²) in [6.07, 6.45) is -14.4. The van der Waals surface area contributed by atoms with Crippen molar-refractivity contribution in [1.82, 2.24) is 15.7 Å². The third kappa shape index (κ3) is 9.54. The van der Waals surface area contributed by atoms with Gasteiger partial charge in [-0.2, -0.15) is 0 Å². The van der Waals surface area contributed by atoms with E-state index >= 15 is 0 Å². The maximum absolute atomic E-state index is 12.6. The van der Waals surface area contributed by atoms with Gasteiger partial charge >= 0.3 is 6.03 Å². The number of carbonyl (C=O) groups excluding carboxylic acids is 1. The van der Waals surface area contributed by atoms with Crippen molar-refractivity contribution in [3.8, 4) is 0 Å². The first-order valence-electron chi connectivity index (χ1n) is 16.6. The molecular weight excluding hydrogens is 672 g/mol. The summed E-state index contributed by atoms with van der Waals surface area (Å²) in [5, 5.41) is 78.6. The minimum absolute atomic E-state index is 0.0404. The van der Waals surface area contributed by atoms with Gasteiger partial charge in [-0.1, -0.05) is 0 Å². The van der Waals surface area contributed by atoms with Gasteiger partial charge in [0.2, 0.25) is 6.29 Å². The molecule has 0 radical (unpaired) electrons. The number of rotatable bonds is 15. The predicted octanol–water partition coefficient (Wildman–Crippen LogP) is -7.69. The normalized spacial score (nSPS) is 42.1. The molecule has 2 saturated heterocycles. The molecule has 3 heterocycles. The molecule has 22 heteroatoms. The Hall–Kier alpha value is -1.91. The summed E-state index contributed by atoms with van der Waals surface area (Å²) in [5.74, 6) is 0.485. The Labute approximate surface area is 288 Å². The lowest BCUT2D eigenvalue weighted by Gasteiger charge is -2.46. The van der Waals surface area contributed by atoms with Crippen LogP contribution in [0, 0.1) is 0 Å². The average molecular weight is 727 g/mol. The van der Waals surface area contributed by atoms with Crippen LogP contribution in [0.1, 0.15) is 12.8 Å². The number of carbonyl (C=O) groups is 1. The lowest BCUT2D eigenvalue weighted by Crippen LogP contribution is -2.67. The molecule has 0 aromatic heterocycles. The van der Waals surface area contributed by atoms with Crippen LogP contribution >= 0.6 is 0 Å². The Morgan fingerprint density at radius 2 is 1.56 bits per heavy atom. The summed E-state index contributed by atoms with van der Waals surface area (Å²) < 4.78 is 35.6. The first kappa shape index (κ1) is 40.9. The maximum atomic E-state index is 12.6. The Morgan fingerprint density at radius 3 is 2.22 bits per heavy atom. The van der Waals surface area contributed by atoms with Gasteiger partial charge in [0.1, 0.15) is 60.7 Å². The second-order valence-corrected chi connectivity index (χ2v) is 12.7. The van der Waals surface area contributed by atoms with E-state index in [1.807, 2.05) is 0 Å². The molecule has 0 aromatic carbocycles. The summed E-state index contributed by atoms with van der Waals surface area (Å²) in [7, 11) is 0. The molecule has 3 fully saturated rings. The van der Waals surface area contributed by atoms with E-state index in [2.05, 4.69) is 10.6 Å². The Kier molecular flexibility index (Phi) is 15.3. The lowest BCUT2D eigenvalue weighted by molar-refractivity contribution is -0.282. The molecule has 22 nitrogen and oxygen atoms in total. The van der Waals surface area contributed by atoms with E-state index in [0.29, 0.717) is 23.8 Å². The number of aliphatic hydroxyl groups excluding tert-OH is 6. The van der Waals surface area contributed by atoms with E-state index in [1.54, 1.807) is 6.08 Å². The van der Waals surface area contributed by atoms with Crippen molar-refractivity contribution in [2.24, 2.45) is 28.7 Å². The largest absolute Gasteiger partial charge is 0.467 e. The SMILES string of the molecule is NCCN(O)C(=O)N[C@@H]1C[C@H](N)[C@@H](O[C@H]2OC(CNCCO)=CC[C@H]2N)[C@H](O[C@@H]2O[C@H](CO)[C@@H](O[C@H]3O[C@@H](CN)[C@@H](O)[C@H](O)[C@H]3N)[C@H]2O)[C@H]1O. The molecular formula is C28H54N8O14. The third-order valence-corrected chi connectivity index (χ3v) is 9.05. The van der Waals surface area contributed by atoms with Crippen LogP contribution in [0.4, 0.5) is 4.79 Å². The van der Waals surface area contributed by atoms with Crippen molar-refractivity contribution >= 4 is 6.03 Å². The zero-order chi connectivity index (χ0) is 36.7. The molecule has 290 valence electrons. The van der Waals surface area contributed by atoms with Crippen LogP contribution in [0.25, 0.3) is 0 Å². The van der Waals surface area contributed by atoms with Crippen LogP contribution in [-0.4, -0.2) is 191 Å². The zero-order valence-corrected chi connectivity index (χ0v) is 27.5. The second kappa shape index (κ2) is 18.7. The molecule has 16 atom stereocenters. The van der Waals surface area contributed by atoms with Gasteiger partial charge in [-0.25, -0.2) is 9.86 Å². The van der Waals surface area contributed by atoms with E-state index in [0.717, 1.165) is 0 Å². The minimum atomic E-state index is -1.67. The molecule has 4 aliphatic rings. The first-order chi connectivity index (χ1) is 23.8. The van der Waals surface area contributed by atoms with Gasteiger partial charge in [0.05, 0.1) is 44.4 Å². The molecule has 0 aromatic rings. The van der Waals surface area contributed by atoms with Crippen LogP contribution in [0.5, 0.6) is 0 Å². The highest BCUT2D eigenvalue weighted by Gasteiger charge is 2.54. The van der Waals surface area contributed by atoms with Gasteiger partial charge in [-0.3, -0.25) is 5.21 Å². The van der Waals surface area contributed by atoms with Gasteiger partial charge in [-0.05, 0) is 18.9 Å². The van der Waals surface area contributed by atoms with Crippen molar-refractivity contribution in [2.75, 3.05) is 45.9 Å². The molecule has 1 saturated carbocycles. The van der Waals surface area contributed by atoms with E-state index in [4.69, 9.17) is 62.2 Å². The van der Waals surface area contributed by atoms with Crippen LogP contribution in [0.3, 0.4) is 0 Å². The number of ether oxygens (including phenoxy) is 6. The van der Waals surface area contributed by atoms with E-state index in [-0.39, 0.29) is 39.2 Å². The second-order valence-electron chi connectivity index (χ2n) is 12.7. The van der Waals surface area contributed by atoms with Gasteiger partial charge in [-0.15, -0.1) is 0 Å². The van der Waals surface area contributed by atoms with Gasteiger partial charge in [0.25, 0.3) is 0 Å². The van der Waals surface area contributed by atoms with Crippen molar-refractivity contribution in [2.45, 2.75) is 111 Å². The van der Waals surface area contributed by atoms with Crippen LogP contribution in [-0.2, 0) is 28.4 Å². The van der Waals surface area contributed by atoms with Crippen LogP contribution < -0.4 is 39.3 Å². The molecule has 0 unspecified atom stereocenters. The highest BCUT2D eigenvalue weighted by molar-refractivity contribution is 5.73. The molecule has 19 N–H and O–H groups in total. The summed E-state index contributed by atoms with van der Waals surface area (Å²) in [6, 6.07) is -4.98. The van der Waals surface area contributed by atoms with E-state index < -0.39 is 111 Å². The predicted molar refractivity (Wildman–Crippen MR) is 168 cm³/mol. The minimum Gasteiger partial charge on any atom is -0.467 e. The molecule has 3 aliphatic heterocycles. The molecule has 1 aliphatic carbocycles. The number of nitrogens with zero attached hydrogens (tertiary/aromatic N) is 1. The third-order valence-electron chi connectivity index (χ3n) is 9.05. The smallest absolute Gasteiger partial charge is 0.341 e. The maximum Gasteiger partial charge on any atom is 0.341 e. The highest BCUT2D eigenvalue weighted by atomic mass is 16.8. The summed E-state index contributed by atoms with van der Waals surface area (Å²) in [6.45, 7) is -0.614. The fourth-order valence-electron chi connectivity index (χ4n) is 6.23. The molecule has 0 spiro atoms. The number of hydroxylamine groups is 2. The average Bonchev–Trinajstić information content (AvgIpc) is 3.39. The number of aliphatic hydroxyl groups is 6. The van der Waals surface area contributed by atoms with Crippen LogP contribution in [0.2, 0.25) is 0 Å². The van der Waals surface area contributed by atoms with E-state index in [1.165, 1.54) is 0 Å². The summed E-state index contributed by atoms with van der Waals surface area (Å²) in [4.78, 5) is 12.6. The highest BCUT2D eigenvalue weighted by Crippen LogP contribution is 2.34. The van der Waals surface area contributed by atoms with Crippen LogP contribution in [0.15, 0.2) is 11.8 Å². The standard InChI is InChI=1S/C28H54N8O14/c29-3-5-36(44)28(43)35-14-7-13(32)22(48-25-12(31)2-1-11(45-25)9-34-4-6-37)24(18(14)39)50-27-21(42)23(16(10-38)47-27)49-26-17(33)20(41)19(40)15(8-30)46-26/h1,12-27,34,37-42,44H,2-10,29-33H2,(H,35,43)/t12-,13+,14-,15+,16-,17-,18+,19-,20-,21-,22-,23-,24-,25-,26-,27+/m1/s1. The quantitative estimate of drug-likeness (QED) is 0.0423.